The van der Waals surface area contributed by atoms with Crippen molar-refractivity contribution in [2.45, 2.75) is 5.33 Å². The fourth-order valence-electron chi connectivity index (χ4n) is 0.730. The molecule has 0 aliphatic carbocycles. The third-order valence-corrected chi connectivity index (χ3v) is 1.99. The van der Waals surface area contributed by atoms with E-state index in [1.165, 1.54) is 12.1 Å². The van der Waals surface area contributed by atoms with Crippen molar-refractivity contribution in [3.8, 4) is 0 Å². The van der Waals surface area contributed by atoms with Crippen LogP contribution in [0.15, 0.2) is 24.3 Å². The Morgan fingerprint density at radius 3 is 2.27 bits per heavy atom. The van der Waals surface area contributed by atoms with Gasteiger partial charge in [0, 0.05) is 5.33 Å². The summed E-state index contributed by atoms with van der Waals surface area (Å²) in [6, 6.07) is 6.57. The molecule has 0 heterocycles. The van der Waals surface area contributed by atoms with Crippen LogP contribution < -0.4 is 5.11 Å². The summed E-state index contributed by atoms with van der Waals surface area (Å²) < 4.78 is 0. The molecular weight excluding hydrogens is 208 g/mol. The second kappa shape index (κ2) is 3.53. The number of benzene rings is 1. The maximum atomic E-state index is 10.3. The highest BCUT2D eigenvalue weighted by atomic mass is 79.9. The average Bonchev–Trinajstić information content (AvgIpc) is 2.05. The largest absolute Gasteiger partial charge is 0.545 e. The summed E-state index contributed by atoms with van der Waals surface area (Å²) in [5.41, 5.74) is 1.27. The highest BCUT2D eigenvalue weighted by Crippen LogP contribution is 2.06. The number of carbonyl (C=O) groups is 1. The lowest BCUT2D eigenvalue weighted by Crippen LogP contribution is -2.21. The van der Waals surface area contributed by atoms with Crippen LogP contribution in [0, 0.1) is 0 Å². The molecule has 0 radical (unpaired) electrons. The molecule has 0 aliphatic heterocycles. The number of alkyl halides is 1. The van der Waals surface area contributed by atoms with Gasteiger partial charge in [-0.2, -0.15) is 0 Å². The van der Waals surface area contributed by atoms with E-state index in [0.717, 1.165) is 10.9 Å². The van der Waals surface area contributed by atoms with Crippen LogP contribution in [0.2, 0.25) is 0 Å². The number of halogens is 1. The van der Waals surface area contributed by atoms with Gasteiger partial charge in [-0.05, 0) is 11.1 Å². The molecule has 1 aromatic rings. The van der Waals surface area contributed by atoms with Crippen molar-refractivity contribution in [3.63, 3.8) is 0 Å². The molecule has 1 rings (SSSR count). The van der Waals surface area contributed by atoms with Crippen LogP contribution in [-0.2, 0) is 5.33 Å². The zero-order valence-electron chi connectivity index (χ0n) is 5.71. The molecule has 1 aromatic carbocycles. The first kappa shape index (κ1) is 8.27. The second-order valence-corrected chi connectivity index (χ2v) is 2.68. The Kier molecular flexibility index (Phi) is 2.65. The fraction of sp³-hybridized carbons (Fsp3) is 0.125. The maximum Gasteiger partial charge on any atom is 0.0715 e. The molecule has 0 aromatic heterocycles. The molecule has 0 saturated carbocycles. The van der Waals surface area contributed by atoms with Gasteiger partial charge >= 0.3 is 0 Å². The van der Waals surface area contributed by atoms with Gasteiger partial charge in [0.05, 0.1) is 5.97 Å². The Balaban J connectivity index is 2.91. The summed E-state index contributed by atoms with van der Waals surface area (Å²) in [5.74, 6) is -1.13. The number of aromatic carboxylic acids is 1. The minimum Gasteiger partial charge on any atom is -0.545 e. The summed E-state index contributed by atoms with van der Waals surface area (Å²) >= 11 is 3.26. The van der Waals surface area contributed by atoms with E-state index in [1.807, 2.05) is 0 Å². The van der Waals surface area contributed by atoms with Gasteiger partial charge in [0.25, 0.3) is 0 Å². The van der Waals surface area contributed by atoms with E-state index in [-0.39, 0.29) is 5.56 Å². The Morgan fingerprint density at radius 2 is 1.91 bits per heavy atom. The van der Waals surface area contributed by atoms with E-state index in [1.54, 1.807) is 12.1 Å². The first-order valence-corrected chi connectivity index (χ1v) is 4.22. The topological polar surface area (TPSA) is 40.1 Å². The molecule has 11 heavy (non-hydrogen) atoms. The summed E-state index contributed by atoms with van der Waals surface area (Å²) in [5, 5.41) is 11.0. The number of carboxylic acids is 1. The van der Waals surface area contributed by atoms with Crippen LogP contribution >= 0.6 is 15.9 Å². The Hall–Kier alpha value is -0.830. The first-order chi connectivity index (χ1) is 5.24. The van der Waals surface area contributed by atoms with Gasteiger partial charge in [0.1, 0.15) is 0 Å². The molecule has 0 fully saturated rings. The molecule has 0 aliphatic rings. The highest BCUT2D eigenvalue weighted by Gasteiger charge is 1.92. The predicted octanol–water partition coefficient (Wildman–Crippen LogP) is 0.945. The fourth-order valence-corrected chi connectivity index (χ4v) is 1.10. The first-order valence-electron chi connectivity index (χ1n) is 3.10. The minimum absolute atomic E-state index is 0.217. The summed E-state index contributed by atoms with van der Waals surface area (Å²) in [7, 11) is 0. The summed E-state index contributed by atoms with van der Waals surface area (Å²) in [4.78, 5) is 10.3. The molecule has 0 N–H and O–H groups in total. The molecule has 0 saturated heterocycles. The molecule has 0 amide bonds. The van der Waals surface area contributed by atoms with Gasteiger partial charge < -0.3 is 9.90 Å². The zero-order chi connectivity index (χ0) is 8.27. The third-order valence-electron chi connectivity index (χ3n) is 1.34. The van der Waals surface area contributed by atoms with Crippen molar-refractivity contribution >= 4 is 21.9 Å². The van der Waals surface area contributed by atoms with Crippen molar-refractivity contribution < 1.29 is 9.90 Å². The van der Waals surface area contributed by atoms with Crippen molar-refractivity contribution in [2.24, 2.45) is 0 Å². The predicted molar refractivity (Wildman–Crippen MR) is 43.4 cm³/mol. The van der Waals surface area contributed by atoms with Crippen LogP contribution in [0.3, 0.4) is 0 Å². The van der Waals surface area contributed by atoms with Gasteiger partial charge in [-0.25, -0.2) is 0 Å². The lowest BCUT2D eigenvalue weighted by atomic mass is 10.2. The van der Waals surface area contributed by atoms with Crippen molar-refractivity contribution in [1.29, 1.82) is 0 Å². The standard InChI is InChI=1S/C8H7BrO2/c9-5-6-1-3-7(4-2-6)8(10)11/h1-4H,5H2,(H,10,11)/p-1. The van der Waals surface area contributed by atoms with Crippen LogP contribution in [0.1, 0.15) is 15.9 Å². The van der Waals surface area contributed by atoms with Crippen molar-refractivity contribution in [2.75, 3.05) is 0 Å². The number of hydrogen-bond acceptors (Lipinski definition) is 2. The molecule has 58 valence electrons. The maximum absolute atomic E-state index is 10.3. The Labute approximate surface area is 73.0 Å². The molecule has 3 heteroatoms. The Morgan fingerprint density at radius 1 is 1.36 bits per heavy atom. The number of rotatable bonds is 2. The van der Waals surface area contributed by atoms with Crippen LogP contribution in [0.25, 0.3) is 0 Å². The van der Waals surface area contributed by atoms with E-state index in [0.29, 0.717) is 0 Å². The van der Waals surface area contributed by atoms with Gasteiger partial charge in [0.2, 0.25) is 0 Å². The third kappa shape index (κ3) is 2.05. The average molecular weight is 214 g/mol. The normalized spacial score (nSPS) is 9.55. The van der Waals surface area contributed by atoms with Crippen LogP contribution in [-0.4, -0.2) is 5.97 Å². The van der Waals surface area contributed by atoms with Crippen molar-refractivity contribution in [1.82, 2.24) is 0 Å². The van der Waals surface area contributed by atoms with E-state index in [4.69, 9.17) is 0 Å². The SMILES string of the molecule is O=C([O-])c1ccc(CBr)cc1. The van der Waals surface area contributed by atoms with E-state index < -0.39 is 5.97 Å². The highest BCUT2D eigenvalue weighted by molar-refractivity contribution is 9.08. The number of carbonyl (C=O) groups excluding carboxylic acids is 1. The lowest BCUT2D eigenvalue weighted by Gasteiger charge is -2.01. The number of carboxylic acid groups (broad SMARTS) is 1. The monoisotopic (exact) mass is 213 g/mol. The molecule has 0 unspecified atom stereocenters. The summed E-state index contributed by atoms with van der Waals surface area (Å²) in [6.45, 7) is 0. The van der Waals surface area contributed by atoms with E-state index in [2.05, 4.69) is 15.9 Å². The molecule has 2 nitrogen and oxygen atoms in total. The molecular formula is C8H6BrO2-. The zero-order valence-corrected chi connectivity index (χ0v) is 7.30. The Bertz CT molecular complexity index is 253. The second-order valence-electron chi connectivity index (χ2n) is 2.12. The summed E-state index contributed by atoms with van der Waals surface area (Å²) in [6.07, 6.45) is 0. The quantitative estimate of drug-likeness (QED) is 0.687. The van der Waals surface area contributed by atoms with Gasteiger partial charge in [0.15, 0.2) is 0 Å². The molecule has 0 spiro atoms. The minimum atomic E-state index is -1.13. The molecule has 0 atom stereocenters. The van der Waals surface area contributed by atoms with E-state index >= 15 is 0 Å². The van der Waals surface area contributed by atoms with Gasteiger partial charge in [-0.3, -0.25) is 0 Å². The lowest BCUT2D eigenvalue weighted by molar-refractivity contribution is -0.255. The smallest absolute Gasteiger partial charge is 0.0715 e. The van der Waals surface area contributed by atoms with Crippen LogP contribution in [0.5, 0.6) is 0 Å². The van der Waals surface area contributed by atoms with Gasteiger partial charge in [-0.15, -0.1) is 0 Å². The van der Waals surface area contributed by atoms with E-state index in [9.17, 15) is 9.90 Å². The van der Waals surface area contributed by atoms with Crippen molar-refractivity contribution in [3.05, 3.63) is 35.4 Å². The molecule has 0 bridgehead atoms. The van der Waals surface area contributed by atoms with Gasteiger partial charge in [-0.1, -0.05) is 40.2 Å². The number of hydrogen-bond donors (Lipinski definition) is 0. The van der Waals surface area contributed by atoms with Crippen LogP contribution in [0.4, 0.5) is 0 Å².